The van der Waals surface area contributed by atoms with Crippen LogP contribution in [0.15, 0.2) is 22.7 Å². The number of nitrogens with zero attached hydrogens (tertiary/aromatic N) is 3. The summed E-state index contributed by atoms with van der Waals surface area (Å²) < 4.78 is 10.7. The number of aryl methyl sites for hydroxylation is 1. The van der Waals surface area contributed by atoms with Crippen molar-refractivity contribution in [3.05, 3.63) is 29.7 Å². The van der Waals surface area contributed by atoms with Crippen molar-refractivity contribution in [1.29, 1.82) is 0 Å². The minimum atomic E-state index is -0.265. The lowest BCUT2D eigenvalue weighted by molar-refractivity contribution is 0.125. The number of aliphatic hydroxyl groups is 1. The van der Waals surface area contributed by atoms with E-state index < -0.39 is 0 Å². The van der Waals surface area contributed by atoms with Crippen LogP contribution in [0, 0.1) is 12.8 Å². The summed E-state index contributed by atoms with van der Waals surface area (Å²) in [7, 11) is 1.65. The van der Waals surface area contributed by atoms with Crippen LogP contribution in [0.3, 0.4) is 0 Å². The Morgan fingerprint density at radius 3 is 3.00 bits per heavy atom. The third-order valence-corrected chi connectivity index (χ3v) is 4.48. The number of aliphatic hydroxyl groups excluding tert-OH is 1. The summed E-state index contributed by atoms with van der Waals surface area (Å²) in [5.41, 5.74) is 1.95. The second-order valence-corrected chi connectivity index (χ2v) is 6.22. The van der Waals surface area contributed by atoms with Crippen LogP contribution in [-0.4, -0.2) is 46.5 Å². The topological polar surface area (TPSA) is 71.6 Å². The Morgan fingerprint density at radius 2 is 2.30 bits per heavy atom. The summed E-state index contributed by atoms with van der Waals surface area (Å²) in [6, 6.07) is 5.87. The zero-order chi connectivity index (χ0) is 16.4. The second kappa shape index (κ2) is 6.68. The maximum absolute atomic E-state index is 9.67. The van der Waals surface area contributed by atoms with Crippen LogP contribution in [0.25, 0.3) is 11.4 Å². The smallest absolute Gasteiger partial charge is 0.241 e. The van der Waals surface area contributed by atoms with E-state index in [1.54, 1.807) is 7.11 Å². The van der Waals surface area contributed by atoms with E-state index in [1.807, 2.05) is 32.0 Å². The Bertz CT molecular complexity index is 669. The Labute approximate surface area is 136 Å². The van der Waals surface area contributed by atoms with E-state index in [9.17, 15) is 5.11 Å². The first-order valence-electron chi connectivity index (χ1n) is 7.95. The SMILES string of the molecule is COc1cc(-c2noc(CN3CCC(C(C)O)C3)n2)ccc1C. The monoisotopic (exact) mass is 317 g/mol. The molecule has 0 spiro atoms. The van der Waals surface area contributed by atoms with Gasteiger partial charge in [-0.1, -0.05) is 17.3 Å². The average Bonchev–Trinajstić information content (AvgIpc) is 3.18. The van der Waals surface area contributed by atoms with Gasteiger partial charge in [0.1, 0.15) is 5.75 Å². The van der Waals surface area contributed by atoms with Gasteiger partial charge in [0.15, 0.2) is 0 Å². The van der Waals surface area contributed by atoms with Gasteiger partial charge >= 0.3 is 0 Å². The second-order valence-electron chi connectivity index (χ2n) is 6.22. The third kappa shape index (κ3) is 3.54. The standard InChI is InChI=1S/C17H23N3O3/c1-11-4-5-13(8-15(11)22-3)17-18-16(23-19-17)10-20-7-6-14(9-20)12(2)21/h4-5,8,12,14,21H,6-7,9-10H2,1-3H3. The maximum Gasteiger partial charge on any atom is 0.241 e. The molecule has 1 aliphatic heterocycles. The van der Waals surface area contributed by atoms with E-state index in [0.717, 1.165) is 36.4 Å². The number of aromatic nitrogens is 2. The molecule has 23 heavy (non-hydrogen) atoms. The molecule has 2 atom stereocenters. The molecule has 1 N–H and O–H groups in total. The number of methoxy groups -OCH3 is 1. The molecule has 6 nitrogen and oxygen atoms in total. The van der Waals surface area contributed by atoms with Crippen molar-refractivity contribution in [2.45, 2.75) is 32.9 Å². The summed E-state index contributed by atoms with van der Waals surface area (Å²) in [5.74, 6) is 2.32. The van der Waals surface area contributed by atoms with Gasteiger partial charge in [-0.25, -0.2) is 0 Å². The van der Waals surface area contributed by atoms with Gasteiger partial charge in [-0.3, -0.25) is 4.90 Å². The molecule has 2 aromatic rings. The number of likely N-dealkylation sites (tertiary alicyclic amines) is 1. The summed E-state index contributed by atoms with van der Waals surface area (Å²) in [5, 5.41) is 13.7. The molecule has 0 amide bonds. The largest absolute Gasteiger partial charge is 0.496 e. The number of hydrogen-bond donors (Lipinski definition) is 1. The van der Waals surface area contributed by atoms with Crippen LogP contribution < -0.4 is 4.74 Å². The first-order valence-corrected chi connectivity index (χ1v) is 7.95. The normalized spacial score (nSPS) is 19.9. The van der Waals surface area contributed by atoms with E-state index in [0.29, 0.717) is 24.2 Å². The maximum atomic E-state index is 9.67. The van der Waals surface area contributed by atoms with Crippen molar-refractivity contribution in [3.8, 4) is 17.1 Å². The highest BCUT2D eigenvalue weighted by molar-refractivity contribution is 5.58. The van der Waals surface area contributed by atoms with E-state index in [-0.39, 0.29) is 6.10 Å². The Balaban J connectivity index is 1.69. The van der Waals surface area contributed by atoms with Crippen LogP contribution in [0.2, 0.25) is 0 Å². The van der Waals surface area contributed by atoms with Gasteiger partial charge in [0.25, 0.3) is 0 Å². The van der Waals surface area contributed by atoms with Crippen LogP contribution >= 0.6 is 0 Å². The molecule has 1 aromatic heterocycles. The van der Waals surface area contributed by atoms with Gasteiger partial charge in [-0.2, -0.15) is 4.98 Å². The van der Waals surface area contributed by atoms with E-state index in [1.165, 1.54) is 0 Å². The fourth-order valence-electron chi connectivity index (χ4n) is 2.99. The summed E-state index contributed by atoms with van der Waals surface area (Å²) >= 11 is 0. The van der Waals surface area contributed by atoms with Gasteiger partial charge in [0.2, 0.25) is 11.7 Å². The molecule has 0 bridgehead atoms. The van der Waals surface area contributed by atoms with Crippen LogP contribution in [-0.2, 0) is 6.54 Å². The molecule has 0 aliphatic carbocycles. The average molecular weight is 317 g/mol. The molecule has 1 aliphatic rings. The fourth-order valence-corrected chi connectivity index (χ4v) is 2.99. The first-order chi connectivity index (χ1) is 11.1. The van der Waals surface area contributed by atoms with E-state index in [4.69, 9.17) is 9.26 Å². The summed E-state index contributed by atoms with van der Waals surface area (Å²) in [4.78, 5) is 6.72. The van der Waals surface area contributed by atoms with Crippen molar-refractivity contribution >= 4 is 0 Å². The first kappa shape index (κ1) is 16.0. The van der Waals surface area contributed by atoms with Crippen molar-refractivity contribution in [2.24, 2.45) is 5.92 Å². The minimum absolute atomic E-state index is 0.265. The molecule has 1 fully saturated rings. The van der Waals surface area contributed by atoms with Gasteiger partial charge in [-0.05, 0) is 44.4 Å². The molecule has 1 aromatic carbocycles. The molecule has 1 saturated heterocycles. The minimum Gasteiger partial charge on any atom is -0.496 e. The van der Waals surface area contributed by atoms with Gasteiger partial charge < -0.3 is 14.4 Å². The van der Waals surface area contributed by atoms with Crippen LogP contribution in [0.1, 0.15) is 24.8 Å². The third-order valence-electron chi connectivity index (χ3n) is 4.48. The molecule has 2 heterocycles. The zero-order valence-corrected chi connectivity index (χ0v) is 13.8. The molecule has 0 saturated carbocycles. The van der Waals surface area contributed by atoms with Crippen LogP contribution in [0.4, 0.5) is 0 Å². The molecule has 6 heteroatoms. The molecular weight excluding hydrogens is 294 g/mol. The van der Waals surface area contributed by atoms with E-state index in [2.05, 4.69) is 15.0 Å². The molecular formula is C17H23N3O3. The lowest BCUT2D eigenvalue weighted by atomic mass is 10.0. The quantitative estimate of drug-likeness (QED) is 0.912. The highest BCUT2D eigenvalue weighted by Gasteiger charge is 2.27. The lowest BCUT2D eigenvalue weighted by Gasteiger charge is -2.15. The number of hydrogen-bond acceptors (Lipinski definition) is 6. The summed E-state index contributed by atoms with van der Waals surface area (Å²) in [6.45, 7) is 6.29. The van der Waals surface area contributed by atoms with Crippen LogP contribution in [0.5, 0.6) is 5.75 Å². The Hall–Kier alpha value is -1.92. The van der Waals surface area contributed by atoms with Gasteiger partial charge in [-0.15, -0.1) is 0 Å². The Morgan fingerprint density at radius 1 is 1.48 bits per heavy atom. The van der Waals surface area contributed by atoms with Gasteiger partial charge in [0, 0.05) is 12.1 Å². The number of rotatable bonds is 5. The van der Waals surface area contributed by atoms with Crippen molar-refractivity contribution in [2.75, 3.05) is 20.2 Å². The van der Waals surface area contributed by atoms with Crippen molar-refractivity contribution in [1.82, 2.24) is 15.0 Å². The predicted molar refractivity (Wildman–Crippen MR) is 86.1 cm³/mol. The van der Waals surface area contributed by atoms with Crippen molar-refractivity contribution in [3.63, 3.8) is 0 Å². The number of benzene rings is 1. The van der Waals surface area contributed by atoms with Gasteiger partial charge in [0.05, 0.1) is 19.8 Å². The molecule has 2 unspecified atom stereocenters. The highest BCUT2D eigenvalue weighted by Crippen LogP contribution is 2.26. The number of ether oxygens (including phenoxy) is 1. The zero-order valence-electron chi connectivity index (χ0n) is 13.8. The molecule has 3 rings (SSSR count). The van der Waals surface area contributed by atoms with E-state index >= 15 is 0 Å². The predicted octanol–water partition coefficient (Wildman–Crippen LogP) is 2.26. The molecule has 0 radical (unpaired) electrons. The highest BCUT2D eigenvalue weighted by atomic mass is 16.5. The molecule has 124 valence electrons. The lowest BCUT2D eigenvalue weighted by Crippen LogP contribution is -2.24. The fraction of sp³-hybridized carbons (Fsp3) is 0.529. The Kier molecular flexibility index (Phi) is 4.63. The summed E-state index contributed by atoms with van der Waals surface area (Å²) in [6.07, 6.45) is 0.742. The van der Waals surface area contributed by atoms with Crippen molar-refractivity contribution < 1.29 is 14.4 Å².